The van der Waals surface area contributed by atoms with Gasteiger partial charge in [0.05, 0.1) is 6.61 Å². The molecule has 0 aliphatic carbocycles. The molecule has 0 aromatic heterocycles. The highest BCUT2D eigenvalue weighted by atomic mass is 16.6. The Kier molecular flexibility index (Phi) is 7.67. The van der Waals surface area contributed by atoms with Crippen molar-refractivity contribution in [2.75, 3.05) is 31.1 Å². The lowest BCUT2D eigenvalue weighted by Crippen LogP contribution is -2.55. The van der Waals surface area contributed by atoms with Crippen LogP contribution in [-0.4, -0.2) is 48.9 Å². The molecule has 0 unspecified atom stereocenters. The average molecular weight is 440 g/mol. The Hall–Kier alpha value is -2.73. The molecule has 32 heavy (non-hydrogen) atoms. The van der Waals surface area contributed by atoms with Gasteiger partial charge in [0.15, 0.2) is 0 Å². The van der Waals surface area contributed by atoms with Gasteiger partial charge in [0.25, 0.3) is 0 Å². The lowest BCUT2D eigenvalue weighted by molar-refractivity contribution is 0.0213. The third-order valence-corrected chi connectivity index (χ3v) is 5.71. The van der Waals surface area contributed by atoms with Crippen molar-refractivity contribution in [3.05, 3.63) is 48.0 Å². The summed E-state index contributed by atoms with van der Waals surface area (Å²) < 4.78 is 11.4. The van der Waals surface area contributed by atoms with Gasteiger partial charge in [-0.1, -0.05) is 31.2 Å². The second-order valence-corrected chi connectivity index (χ2v) is 9.16. The van der Waals surface area contributed by atoms with E-state index in [0.29, 0.717) is 26.2 Å². The summed E-state index contributed by atoms with van der Waals surface area (Å²) in [6.07, 6.45) is 0.690. The number of amides is 1. The van der Waals surface area contributed by atoms with E-state index in [1.807, 2.05) is 50.8 Å². The number of nitrogens with two attached hydrogens (primary N) is 1. The van der Waals surface area contributed by atoms with Crippen LogP contribution >= 0.6 is 0 Å². The van der Waals surface area contributed by atoms with Gasteiger partial charge in [0.1, 0.15) is 11.4 Å². The number of piperazine rings is 1. The summed E-state index contributed by atoms with van der Waals surface area (Å²) in [5.41, 5.74) is 10.1. The number of anilines is 1. The summed E-state index contributed by atoms with van der Waals surface area (Å²) in [7, 11) is 0. The van der Waals surface area contributed by atoms with Crippen molar-refractivity contribution in [2.24, 2.45) is 5.73 Å². The fourth-order valence-electron chi connectivity index (χ4n) is 4.20. The summed E-state index contributed by atoms with van der Waals surface area (Å²) in [5.74, 6) is 0.878. The summed E-state index contributed by atoms with van der Waals surface area (Å²) in [5, 5.41) is 0. The van der Waals surface area contributed by atoms with E-state index in [9.17, 15) is 4.79 Å². The van der Waals surface area contributed by atoms with Crippen LogP contribution in [0.5, 0.6) is 5.75 Å². The van der Waals surface area contributed by atoms with Crippen LogP contribution in [-0.2, 0) is 11.3 Å². The fourth-order valence-corrected chi connectivity index (χ4v) is 4.20. The molecule has 2 aromatic carbocycles. The number of carbonyl (C=O) groups is 1. The second kappa shape index (κ2) is 10.3. The molecule has 0 radical (unpaired) electrons. The predicted octanol–water partition coefficient (Wildman–Crippen LogP) is 5.05. The molecule has 174 valence electrons. The molecule has 0 saturated carbocycles. The van der Waals surface area contributed by atoms with Gasteiger partial charge in [-0.05, 0) is 63.4 Å². The van der Waals surface area contributed by atoms with E-state index in [2.05, 4.69) is 36.1 Å². The van der Waals surface area contributed by atoms with Crippen LogP contribution in [0, 0.1) is 0 Å². The van der Waals surface area contributed by atoms with Crippen molar-refractivity contribution < 1.29 is 14.3 Å². The summed E-state index contributed by atoms with van der Waals surface area (Å²) in [6, 6.07) is 14.8. The second-order valence-electron chi connectivity index (χ2n) is 9.16. The first kappa shape index (κ1) is 23.9. The highest BCUT2D eigenvalue weighted by Gasteiger charge is 2.32. The Labute approximate surface area is 192 Å². The third-order valence-electron chi connectivity index (χ3n) is 5.71. The largest absolute Gasteiger partial charge is 0.493 e. The zero-order valence-corrected chi connectivity index (χ0v) is 20.1. The van der Waals surface area contributed by atoms with Crippen LogP contribution < -0.4 is 15.4 Å². The number of benzene rings is 2. The van der Waals surface area contributed by atoms with Gasteiger partial charge >= 0.3 is 6.09 Å². The molecular formula is C26H37N3O3. The quantitative estimate of drug-likeness (QED) is 0.682. The van der Waals surface area contributed by atoms with E-state index in [4.69, 9.17) is 15.2 Å². The Morgan fingerprint density at radius 3 is 2.53 bits per heavy atom. The molecule has 6 nitrogen and oxygen atoms in total. The molecule has 6 heteroatoms. The molecule has 0 bridgehead atoms. The first-order valence-electron chi connectivity index (χ1n) is 11.6. The molecule has 1 aliphatic heterocycles. The summed E-state index contributed by atoms with van der Waals surface area (Å²) in [4.78, 5) is 16.8. The Morgan fingerprint density at radius 1 is 1.12 bits per heavy atom. The van der Waals surface area contributed by atoms with Gasteiger partial charge < -0.3 is 25.0 Å². The molecule has 2 aromatic rings. The first-order chi connectivity index (χ1) is 15.3. The van der Waals surface area contributed by atoms with Crippen LogP contribution in [0.4, 0.5) is 10.5 Å². The van der Waals surface area contributed by atoms with Crippen molar-refractivity contribution in [2.45, 2.75) is 59.2 Å². The van der Waals surface area contributed by atoms with Crippen molar-refractivity contribution in [1.29, 1.82) is 0 Å². The normalized spacial score (nSPS) is 16.8. The number of carbonyl (C=O) groups excluding carboxylic acids is 1. The maximum absolute atomic E-state index is 12.6. The number of ether oxygens (including phenoxy) is 2. The molecule has 1 atom stereocenters. The highest BCUT2D eigenvalue weighted by Crippen LogP contribution is 2.34. The maximum Gasteiger partial charge on any atom is 0.410 e. The Balaban J connectivity index is 1.84. The SMILES string of the molecule is CCOc1ccccc1-c1ccc(N2CCN(C(=O)OC(C)(C)C)C[C@H]2CC)c(CN)c1. The van der Waals surface area contributed by atoms with Crippen molar-refractivity contribution in [3.8, 4) is 16.9 Å². The van der Waals surface area contributed by atoms with Gasteiger partial charge in [-0.3, -0.25) is 0 Å². The third kappa shape index (κ3) is 5.54. The maximum atomic E-state index is 12.6. The monoisotopic (exact) mass is 439 g/mol. The minimum Gasteiger partial charge on any atom is -0.493 e. The lowest BCUT2D eigenvalue weighted by atomic mass is 9.98. The van der Waals surface area contributed by atoms with Gasteiger partial charge in [-0.25, -0.2) is 4.79 Å². The molecule has 2 N–H and O–H groups in total. The lowest BCUT2D eigenvalue weighted by Gasteiger charge is -2.43. The van der Waals surface area contributed by atoms with Gasteiger partial charge in [-0.2, -0.15) is 0 Å². The van der Waals surface area contributed by atoms with Crippen LogP contribution in [0.2, 0.25) is 0 Å². The number of hydrogen-bond donors (Lipinski definition) is 1. The fraction of sp³-hybridized carbons (Fsp3) is 0.500. The first-order valence-corrected chi connectivity index (χ1v) is 11.6. The molecule has 1 amide bonds. The van der Waals surface area contributed by atoms with Crippen molar-refractivity contribution in [1.82, 2.24) is 4.90 Å². The van der Waals surface area contributed by atoms with Gasteiger partial charge in [0, 0.05) is 43.5 Å². The van der Waals surface area contributed by atoms with E-state index in [1.54, 1.807) is 0 Å². The number of para-hydroxylation sites is 1. The predicted molar refractivity (Wildman–Crippen MR) is 130 cm³/mol. The zero-order chi connectivity index (χ0) is 23.3. The van der Waals surface area contributed by atoms with E-state index in [0.717, 1.165) is 41.1 Å². The number of rotatable bonds is 6. The molecular weight excluding hydrogens is 402 g/mol. The molecule has 0 spiro atoms. The van der Waals surface area contributed by atoms with Crippen molar-refractivity contribution >= 4 is 11.8 Å². The van der Waals surface area contributed by atoms with E-state index in [1.165, 1.54) is 0 Å². The zero-order valence-electron chi connectivity index (χ0n) is 20.1. The molecule has 3 rings (SSSR count). The number of nitrogens with zero attached hydrogens (tertiary/aromatic N) is 2. The summed E-state index contributed by atoms with van der Waals surface area (Å²) >= 11 is 0. The van der Waals surface area contributed by atoms with Crippen LogP contribution in [0.15, 0.2) is 42.5 Å². The van der Waals surface area contributed by atoms with Crippen LogP contribution in [0.3, 0.4) is 0 Å². The smallest absolute Gasteiger partial charge is 0.410 e. The van der Waals surface area contributed by atoms with E-state index >= 15 is 0 Å². The molecule has 1 aliphatic rings. The molecule has 1 saturated heterocycles. The van der Waals surface area contributed by atoms with Crippen LogP contribution in [0.25, 0.3) is 11.1 Å². The van der Waals surface area contributed by atoms with Gasteiger partial charge in [-0.15, -0.1) is 0 Å². The van der Waals surface area contributed by atoms with Gasteiger partial charge in [0.2, 0.25) is 0 Å². The van der Waals surface area contributed by atoms with E-state index < -0.39 is 5.60 Å². The van der Waals surface area contributed by atoms with Crippen molar-refractivity contribution in [3.63, 3.8) is 0 Å². The van der Waals surface area contributed by atoms with E-state index in [-0.39, 0.29) is 12.1 Å². The number of hydrogen-bond acceptors (Lipinski definition) is 5. The minimum atomic E-state index is -0.490. The van der Waals surface area contributed by atoms with Crippen LogP contribution in [0.1, 0.15) is 46.6 Å². The topological polar surface area (TPSA) is 68.0 Å². The minimum absolute atomic E-state index is 0.211. The highest BCUT2D eigenvalue weighted by molar-refractivity contribution is 5.74. The summed E-state index contributed by atoms with van der Waals surface area (Å²) in [6.45, 7) is 12.9. The average Bonchev–Trinajstić information content (AvgIpc) is 2.77. The molecule has 1 heterocycles. The standard InChI is InChI=1S/C26H37N3O3/c1-6-21-18-28(25(30)32-26(3,4)5)14-15-29(21)23-13-12-19(16-20(23)17-27)22-10-8-9-11-24(22)31-7-2/h8-13,16,21H,6-7,14-15,17-18,27H2,1-5H3/t21-/m1/s1. The Morgan fingerprint density at radius 2 is 1.88 bits per heavy atom. The molecule has 1 fully saturated rings. The Bertz CT molecular complexity index is 923.